The molecule has 0 saturated carbocycles. The first-order valence-corrected chi connectivity index (χ1v) is 9.23. The number of aromatic nitrogens is 3. The summed E-state index contributed by atoms with van der Waals surface area (Å²) >= 11 is 6.28. The summed E-state index contributed by atoms with van der Waals surface area (Å²) in [5.41, 5.74) is 2.05. The second-order valence-corrected chi connectivity index (χ2v) is 7.40. The van der Waals surface area contributed by atoms with Gasteiger partial charge in [-0.1, -0.05) is 23.9 Å². The summed E-state index contributed by atoms with van der Waals surface area (Å²) in [6, 6.07) is 8.47. The molecule has 0 aliphatic carbocycles. The molecular formula is C15H11BrFN3OS2. The monoisotopic (exact) mass is 411 g/mol. The molecule has 8 heteroatoms. The number of rotatable bonds is 5. The van der Waals surface area contributed by atoms with E-state index in [9.17, 15) is 9.18 Å². The number of hydrogen-bond donors (Lipinski definition) is 0. The van der Waals surface area contributed by atoms with Gasteiger partial charge in [0.25, 0.3) is 0 Å². The Hall–Kier alpha value is -1.51. The topological polar surface area (TPSA) is 47.8 Å². The zero-order valence-corrected chi connectivity index (χ0v) is 15.2. The number of nitrogens with zero attached hydrogens (tertiary/aromatic N) is 3. The molecule has 23 heavy (non-hydrogen) atoms. The molecule has 0 unspecified atom stereocenters. The first-order valence-electron chi connectivity index (χ1n) is 6.64. The summed E-state index contributed by atoms with van der Waals surface area (Å²) in [6.45, 7) is 2.01. The highest BCUT2D eigenvalue weighted by atomic mass is 79.9. The highest BCUT2D eigenvalue weighted by molar-refractivity contribution is 9.10. The second-order valence-electron chi connectivity index (χ2n) is 4.67. The van der Waals surface area contributed by atoms with Crippen molar-refractivity contribution in [3.05, 3.63) is 46.4 Å². The molecule has 1 aromatic carbocycles. The fourth-order valence-electron chi connectivity index (χ4n) is 2.10. The van der Waals surface area contributed by atoms with Gasteiger partial charge in [-0.05, 0) is 52.2 Å². The second kappa shape index (κ2) is 6.94. The lowest BCUT2D eigenvalue weighted by molar-refractivity contribution is -0.105. The summed E-state index contributed by atoms with van der Waals surface area (Å²) in [7, 11) is 0. The molecule has 3 aromatic rings. The predicted molar refractivity (Wildman–Crippen MR) is 93.9 cm³/mol. The number of benzene rings is 1. The fourth-order valence-corrected chi connectivity index (χ4v) is 4.65. The Morgan fingerprint density at radius 1 is 1.35 bits per heavy atom. The molecule has 0 atom stereocenters. The molecule has 0 saturated heterocycles. The van der Waals surface area contributed by atoms with Crippen molar-refractivity contribution in [3.63, 3.8) is 0 Å². The Labute approximate surface area is 148 Å². The van der Waals surface area contributed by atoms with Crippen LogP contribution < -0.4 is 0 Å². The van der Waals surface area contributed by atoms with Crippen LogP contribution in [0.2, 0.25) is 0 Å². The number of aryl methyl sites for hydroxylation is 1. The molecule has 4 nitrogen and oxygen atoms in total. The van der Waals surface area contributed by atoms with Gasteiger partial charge >= 0.3 is 0 Å². The van der Waals surface area contributed by atoms with Crippen LogP contribution in [0.5, 0.6) is 0 Å². The Morgan fingerprint density at radius 2 is 2.09 bits per heavy atom. The zero-order chi connectivity index (χ0) is 16.4. The van der Waals surface area contributed by atoms with Crippen molar-refractivity contribution in [2.24, 2.45) is 0 Å². The van der Waals surface area contributed by atoms with Crippen molar-refractivity contribution in [1.82, 2.24) is 14.8 Å². The van der Waals surface area contributed by atoms with E-state index in [-0.39, 0.29) is 5.82 Å². The lowest BCUT2D eigenvalue weighted by Crippen LogP contribution is -1.95. The van der Waals surface area contributed by atoms with E-state index >= 15 is 0 Å². The molecule has 3 rings (SSSR count). The molecule has 0 aliphatic rings. The lowest BCUT2D eigenvalue weighted by atomic mass is 10.1. The maximum Gasteiger partial charge on any atom is 0.206 e. The van der Waals surface area contributed by atoms with Crippen LogP contribution in [0.4, 0.5) is 4.39 Å². The Morgan fingerprint density at radius 3 is 2.78 bits per heavy atom. The van der Waals surface area contributed by atoms with Gasteiger partial charge in [-0.15, -0.1) is 21.5 Å². The highest BCUT2D eigenvalue weighted by Gasteiger charge is 2.16. The predicted octanol–water partition coefficient (Wildman–Crippen LogP) is 4.50. The molecule has 2 heterocycles. The number of thiophene rings is 1. The van der Waals surface area contributed by atoms with E-state index in [2.05, 4.69) is 26.1 Å². The molecular weight excluding hydrogens is 401 g/mol. The van der Waals surface area contributed by atoms with Gasteiger partial charge in [0.1, 0.15) is 17.1 Å². The van der Waals surface area contributed by atoms with Gasteiger partial charge in [0, 0.05) is 4.88 Å². The maximum absolute atomic E-state index is 13.1. The van der Waals surface area contributed by atoms with Gasteiger partial charge in [-0.25, -0.2) is 4.39 Å². The van der Waals surface area contributed by atoms with Crippen LogP contribution in [-0.2, 0) is 4.79 Å². The summed E-state index contributed by atoms with van der Waals surface area (Å²) in [5.74, 6) is 0.0672. The first-order chi connectivity index (χ1) is 11.1. The molecule has 0 bridgehead atoms. The van der Waals surface area contributed by atoms with Gasteiger partial charge in [0.15, 0.2) is 5.16 Å². The molecule has 2 aromatic heterocycles. The van der Waals surface area contributed by atoms with Gasteiger partial charge in [0.2, 0.25) is 4.73 Å². The van der Waals surface area contributed by atoms with E-state index in [1.165, 1.54) is 23.9 Å². The minimum Gasteiger partial charge on any atom is -0.302 e. The van der Waals surface area contributed by atoms with Crippen molar-refractivity contribution in [3.8, 4) is 15.4 Å². The Bertz CT molecular complexity index is 845. The number of carbonyl (C=O) groups excluding carboxylic acids is 1. The van der Waals surface area contributed by atoms with E-state index in [0.29, 0.717) is 15.6 Å². The SMILES string of the molecule is Cc1cc(-n2c(Br)nnc2SCC=O)sc1-c1ccc(F)cc1. The summed E-state index contributed by atoms with van der Waals surface area (Å²) in [5, 5.41) is 9.69. The minimum atomic E-state index is -0.253. The Balaban J connectivity index is 2.02. The van der Waals surface area contributed by atoms with E-state index in [4.69, 9.17) is 0 Å². The molecule has 0 radical (unpaired) electrons. The summed E-state index contributed by atoms with van der Waals surface area (Å²) < 4.78 is 15.5. The van der Waals surface area contributed by atoms with Crippen molar-refractivity contribution >= 4 is 45.3 Å². The molecule has 0 aliphatic heterocycles. The van der Waals surface area contributed by atoms with Crippen LogP contribution in [0.3, 0.4) is 0 Å². The van der Waals surface area contributed by atoms with Crippen molar-refractivity contribution < 1.29 is 9.18 Å². The van der Waals surface area contributed by atoms with Crippen LogP contribution in [0.25, 0.3) is 15.4 Å². The van der Waals surface area contributed by atoms with Crippen LogP contribution in [-0.4, -0.2) is 26.8 Å². The minimum absolute atomic E-state index is 0.253. The van der Waals surface area contributed by atoms with Crippen LogP contribution in [0.15, 0.2) is 40.2 Å². The lowest BCUT2D eigenvalue weighted by Gasteiger charge is -2.03. The van der Waals surface area contributed by atoms with Gasteiger partial charge in [-0.3, -0.25) is 4.57 Å². The third-order valence-corrected chi connectivity index (χ3v) is 5.72. The van der Waals surface area contributed by atoms with Crippen LogP contribution in [0, 0.1) is 12.7 Å². The van der Waals surface area contributed by atoms with Gasteiger partial charge < -0.3 is 4.79 Å². The average Bonchev–Trinajstić information content (AvgIpc) is 3.09. The van der Waals surface area contributed by atoms with Crippen molar-refractivity contribution in [2.45, 2.75) is 12.1 Å². The number of halogens is 2. The van der Waals surface area contributed by atoms with E-state index in [1.807, 2.05) is 17.6 Å². The van der Waals surface area contributed by atoms with Crippen LogP contribution >= 0.6 is 39.0 Å². The molecule has 0 N–H and O–H groups in total. The molecule has 0 spiro atoms. The van der Waals surface area contributed by atoms with E-state index < -0.39 is 0 Å². The normalized spacial score (nSPS) is 10.9. The number of hydrogen-bond acceptors (Lipinski definition) is 5. The Kier molecular flexibility index (Phi) is 4.93. The van der Waals surface area contributed by atoms with Gasteiger partial charge in [-0.2, -0.15) is 0 Å². The van der Waals surface area contributed by atoms with Crippen LogP contribution in [0.1, 0.15) is 5.56 Å². The smallest absolute Gasteiger partial charge is 0.206 e. The molecule has 118 valence electrons. The van der Waals surface area contributed by atoms with E-state index in [0.717, 1.165) is 27.3 Å². The third kappa shape index (κ3) is 3.39. The largest absolute Gasteiger partial charge is 0.302 e. The van der Waals surface area contributed by atoms with Gasteiger partial charge in [0.05, 0.1) is 5.75 Å². The molecule has 0 amide bonds. The van der Waals surface area contributed by atoms with Crippen molar-refractivity contribution in [1.29, 1.82) is 0 Å². The molecule has 0 fully saturated rings. The quantitative estimate of drug-likeness (QED) is 0.458. The standard InChI is InChI=1S/C15H11BrFN3OS2/c1-9-8-12(20-14(16)18-19-15(20)22-7-6-21)23-13(9)10-2-4-11(17)5-3-10/h2-6,8H,7H2,1H3. The summed E-state index contributed by atoms with van der Waals surface area (Å²) in [4.78, 5) is 11.6. The number of thioether (sulfide) groups is 1. The zero-order valence-electron chi connectivity index (χ0n) is 12.0. The van der Waals surface area contributed by atoms with Crippen molar-refractivity contribution in [2.75, 3.05) is 5.75 Å². The summed E-state index contributed by atoms with van der Waals surface area (Å²) in [6.07, 6.45) is 0.835. The number of aldehydes is 1. The first kappa shape index (κ1) is 16.4. The highest BCUT2D eigenvalue weighted by Crippen LogP contribution is 2.37. The maximum atomic E-state index is 13.1. The third-order valence-electron chi connectivity index (χ3n) is 3.11. The van der Waals surface area contributed by atoms with E-state index in [1.54, 1.807) is 23.5 Å². The number of carbonyl (C=O) groups is 1. The fraction of sp³-hybridized carbons (Fsp3) is 0.133. The average molecular weight is 412 g/mol.